The summed E-state index contributed by atoms with van der Waals surface area (Å²) in [5.74, 6) is 11.0. The molecule has 0 unspecified atom stereocenters. The molecule has 0 bridgehead atoms. The van der Waals surface area contributed by atoms with Gasteiger partial charge in [0.15, 0.2) is 32.8 Å². The maximum Gasteiger partial charge on any atom is 0.192 e. The van der Waals surface area contributed by atoms with Gasteiger partial charge in [-0.2, -0.15) is 19.2 Å². The highest BCUT2D eigenvalue weighted by molar-refractivity contribution is 14.2. The minimum absolute atomic E-state index is 0.0667. The van der Waals surface area contributed by atoms with Crippen molar-refractivity contribution in [1.82, 2.24) is 59.1 Å². The van der Waals surface area contributed by atoms with Gasteiger partial charge in [0.2, 0.25) is 0 Å². The number of sulfone groups is 1. The van der Waals surface area contributed by atoms with Crippen molar-refractivity contribution in [2.24, 2.45) is 0 Å². The van der Waals surface area contributed by atoms with Crippen molar-refractivity contribution in [3.63, 3.8) is 0 Å². The fourth-order valence-electron chi connectivity index (χ4n) is 9.29. The number of nitrogens with zero attached hydrogens (tertiary/aromatic N) is 13. The minimum Gasteiger partial charge on any atom is -0.485 e. The Balaban J connectivity index is 0.715. The van der Waals surface area contributed by atoms with Gasteiger partial charge in [0.05, 0.1) is 45.2 Å². The number of hydrogen-bond donors (Lipinski definition) is 0. The van der Waals surface area contributed by atoms with Crippen molar-refractivity contribution in [1.29, 1.82) is 0 Å². The lowest BCUT2D eigenvalue weighted by atomic mass is 10.1. The predicted octanol–water partition coefficient (Wildman–Crippen LogP) is 11.6. The van der Waals surface area contributed by atoms with E-state index in [-0.39, 0.29) is 52.0 Å². The Labute approximate surface area is 499 Å². The van der Waals surface area contributed by atoms with Gasteiger partial charge in [-0.05, 0) is 120 Å². The van der Waals surface area contributed by atoms with Crippen LogP contribution in [0.2, 0.25) is 0 Å². The lowest BCUT2D eigenvalue weighted by molar-refractivity contribution is 0.296. The topological polar surface area (TPSA) is 204 Å². The van der Waals surface area contributed by atoms with Crippen molar-refractivity contribution < 1.29 is 27.4 Å². The van der Waals surface area contributed by atoms with E-state index in [0.717, 1.165) is 44.5 Å². The highest BCUT2D eigenvalue weighted by atomic mass is 127. The van der Waals surface area contributed by atoms with E-state index in [0.29, 0.717) is 75.1 Å². The number of likely N-dealkylation sites (N-methyl/N-ethyl adjacent to an activating group) is 1. The molecule has 0 amide bonds. The number of rotatable bonds is 19. The van der Waals surface area contributed by atoms with Crippen molar-refractivity contribution in [3.8, 4) is 51.8 Å². The Hall–Kier alpha value is -9.92. The number of allylic oxidation sites excluding steroid dienone is 3. The molecule has 0 N–H and O–H groups in total. The molecule has 0 fully saturated rings. The number of imidazole rings is 1. The maximum atomic E-state index is 13.4. The van der Waals surface area contributed by atoms with Crippen LogP contribution in [0.25, 0.3) is 62.1 Å². The summed E-state index contributed by atoms with van der Waals surface area (Å²) in [6, 6.07) is 38.1. The molecular weight excluding hydrogens is 1210 g/mol. The zero-order chi connectivity index (χ0) is 58.5. The minimum atomic E-state index is -3.66. The molecule has 8 heterocycles. The second kappa shape index (κ2) is 24.1. The molecule has 7 aromatic heterocycles. The molecule has 12 rings (SSSR count). The van der Waals surface area contributed by atoms with Gasteiger partial charge in [-0.3, -0.25) is 9.97 Å². The van der Waals surface area contributed by atoms with Crippen LogP contribution in [0.1, 0.15) is 49.5 Å². The molecule has 0 radical (unpaired) electrons. The molecule has 0 atom stereocenters. The number of halogens is 1. The van der Waals surface area contributed by atoms with E-state index in [2.05, 4.69) is 74.0 Å². The zero-order valence-corrected chi connectivity index (χ0v) is 49.6. The van der Waals surface area contributed by atoms with E-state index in [1.165, 1.54) is 0 Å². The third kappa shape index (κ3) is 12.3. The Morgan fingerprint density at radius 1 is 0.694 bits per heavy atom. The normalized spacial score (nSPS) is 12.5. The second-order valence-corrected chi connectivity index (χ2v) is 25.4. The summed E-state index contributed by atoms with van der Waals surface area (Å²) >= 11 is -0.141. The molecule has 1 aliphatic rings. The molecule has 21 heteroatoms. The Kier molecular flexibility index (Phi) is 15.8. The monoisotopic (exact) mass is 1260 g/mol. The molecule has 85 heavy (non-hydrogen) atoms. The number of pyridine rings is 2. The van der Waals surface area contributed by atoms with Crippen LogP contribution in [0, 0.1) is 11.8 Å². The predicted molar refractivity (Wildman–Crippen MR) is 338 cm³/mol. The lowest BCUT2D eigenvalue weighted by Crippen LogP contribution is -2.33. The molecule has 4 aromatic carbocycles. The van der Waals surface area contributed by atoms with Crippen LogP contribution in [0.15, 0.2) is 174 Å². The highest BCUT2D eigenvalue weighted by Gasteiger charge is 2.32. The Bertz CT molecular complexity index is 4670. The lowest BCUT2D eigenvalue weighted by Gasteiger charge is -2.26. The summed E-state index contributed by atoms with van der Waals surface area (Å²) in [6.07, 6.45) is 14.9. The highest BCUT2D eigenvalue weighted by Crippen LogP contribution is 2.35. The zero-order valence-electron chi connectivity index (χ0n) is 46.6. The van der Waals surface area contributed by atoms with Crippen molar-refractivity contribution >= 4 is 91.1 Å². The largest absolute Gasteiger partial charge is 0.485 e. The van der Waals surface area contributed by atoms with Gasteiger partial charge in [-0.1, -0.05) is 81.6 Å². The summed E-state index contributed by atoms with van der Waals surface area (Å²) in [5, 5.41) is 28.5. The number of hydrogen-bond acceptors (Lipinski definition) is 16. The number of aromatic nitrogens is 12. The fraction of sp³-hybridized carbons (Fsp3) is 0.156. The number of anilines is 1. The van der Waals surface area contributed by atoms with Crippen LogP contribution < -0.4 is 23.8 Å². The van der Waals surface area contributed by atoms with E-state index in [4.69, 9.17) is 29.1 Å². The summed E-state index contributed by atoms with van der Waals surface area (Å²) in [5.41, 5.74) is 7.81. The van der Waals surface area contributed by atoms with E-state index >= 15 is 0 Å². The van der Waals surface area contributed by atoms with Crippen LogP contribution >= 0.6 is 20.7 Å². The average molecular weight is 1260 g/mol. The third-order valence-electron chi connectivity index (χ3n) is 13.8. The Morgan fingerprint density at radius 3 is 2.02 bits per heavy atom. The quantitative estimate of drug-likeness (QED) is 0.0545. The van der Waals surface area contributed by atoms with E-state index in [1.54, 1.807) is 48.4 Å². The summed E-state index contributed by atoms with van der Waals surface area (Å²) in [4.78, 5) is 15.8. The average Bonchev–Trinajstić information content (AvgIpc) is 4.46. The van der Waals surface area contributed by atoms with Gasteiger partial charge in [-0.25, -0.2) is 13.4 Å². The van der Waals surface area contributed by atoms with Crippen molar-refractivity contribution in [3.05, 3.63) is 203 Å². The summed E-state index contributed by atoms with van der Waals surface area (Å²) in [6.45, 7) is 9.83. The van der Waals surface area contributed by atoms with Crippen LogP contribution in [0.4, 0.5) is 5.69 Å². The first kappa shape index (κ1) is 55.6. The Morgan fingerprint density at radius 2 is 1.34 bits per heavy atom. The number of ether oxygens (including phenoxy) is 4. The number of fused-ring (bicyclic) bond motifs is 4. The first-order valence-electron chi connectivity index (χ1n) is 26.9. The van der Waals surface area contributed by atoms with Crippen LogP contribution in [-0.2, 0) is 29.6 Å². The van der Waals surface area contributed by atoms with E-state index in [1.807, 2.05) is 156 Å². The second-order valence-electron chi connectivity index (χ2n) is 20.5. The molecule has 1 aliphatic heterocycles. The summed E-state index contributed by atoms with van der Waals surface area (Å²) in [7, 11) is -1.83. The molecule has 0 spiro atoms. The van der Waals surface area contributed by atoms with Crippen molar-refractivity contribution in [2.45, 2.75) is 45.3 Å². The van der Waals surface area contributed by atoms with E-state index < -0.39 is 14.6 Å². The van der Waals surface area contributed by atoms with Gasteiger partial charge < -0.3 is 28.4 Å². The van der Waals surface area contributed by atoms with E-state index in [9.17, 15) is 8.42 Å². The van der Waals surface area contributed by atoms with Crippen molar-refractivity contribution in [2.75, 3.05) is 25.1 Å². The molecule has 0 aliphatic carbocycles. The first-order chi connectivity index (χ1) is 41.3. The van der Waals surface area contributed by atoms with Crippen LogP contribution in [0.3, 0.4) is 0 Å². The van der Waals surface area contributed by atoms with Crippen LogP contribution in [-0.4, -0.2) is 96.5 Å². The van der Waals surface area contributed by atoms with Gasteiger partial charge in [0.25, 0.3) is 0 Å². The smallest absolute Gasteiger partial charge is 0.192 e. The molecule has 19 nitrogen and oxygen atoms in total. The van der Waals surface area contributed by atoms with Gasteiger partial charge in [0, 0.05) is 77.1 Å². The fourth-order valence-corrected chi connectivity index (χ4v) is 12.1. The summed E-state index contributed by atoms with van der Waals surface area (Å²) < 4.78 is 60.8. The first-order valence-corrected chi connectivity index (χ1v) is 30.9. The van der Waals surface area contributed by atoms with Gasteiger partial charge in [0.1, 0.15) is 54.4 Å². The maximum absolute atomic E-state index is 13.4. The molecule has 0 saturated carbocycles. The third-order valence-corrected chi connectivity index (χ3v) is 18.1. The molecule has 424 valence electrons. The standard InChI is InChI=1S/C64H54IN13O6S/c1-43(85(79,80)64(2,3)4)40-75(5)56-23-18-48(84-49-17-20-51-55(38-49)67-31-28-58(51)83-42-63-72-70-61-26-22-53(74-78(61)63)46-14-11-29-65-39-46)36-45(56)15-24-59-68-32-34-76(59)33-9-10-35-81-47-16-19-50-54(37-47)66-30-27-57(50)82-41-62-71-69-60-25-21-52(73-77(60)62)44-12-7-6-8-13-44/h6-8,11-32,34,36-39H,1,33,35,40-42H2,2-5H3. The molecule has 11 aromatic rings. The van der Waals surface area contributed by atoms with Crippen LogP contribution in [0.5, 0.6) is 28.7 Å². The number of benzene rings is 4. The SMILES string of the molecule is C=C(CN(C)c1ccc(Oc2ccc3c(OCc4nnc5ccc(C6=CI=CC=C6)nn45)ccnc3c2)cc1C=Cc1nccn1CC#CCOc1ccc2c(OCc3nnc4ccc(-c5ccccc5)nn34)ccnc2c1)S(=O)(=O)C(C)(C)C. The van der Waals surface area contributed by atoms with Gasteiger partial charge >= 0.3 is 0 Å². The molecule has 0 saturated heterocycles. The van der Waals surface area contributed by atoms with Gasteiger partial charge in [-0.15, -0.1) is 20.4 Å². The molecular formula is C64H54IN13O6S.